The number of carbonyl (C=O) groups excluding carboxylic acids is 1. The molecule has 0 saturated heterocycles. The van der Waals surface area contributed by atoms with Crippen molar-refractivity contribution in [1.29, 1.82) is 0 Å². The molecule has 0 aliphatic heterocycles. The number of ketones is 1. The number of hydrogen-bond acceptors (Lipinski definition) is 2. The fourth-order valence-electron chi connectivity index (χ4n) is 2.88. The lowest BCUT2D eigenvalue weighted by atomic mass is 9.94. The van der Waals surface area contributed by atoms with Gasteiger partial charge < -0.3 is 0 Å². The highest BCUT2D eigenvalue weighted by atomic mass is 35.5. The third kappa shape index (κ3) is 4.05. The van der Waals surface area contributed by atoms with Crippen molar-refractivity contribution in [2.75, 3.05) is 13.1 Å². The number of Topliss-reactive ketones (excluding diaryl/α,β-unsaturated/α-hetero) is 1. The summed E-state index contributed by atoms with van der Waals surface area (Å²) in [5.74, 6) is 0.176. The maximum Gasteiger partial charge on any atom is 0.176 e. The van der Waals surface area contributed by atoms with Crippen molar-refractivity contribution in [2.24, 2.45) is 0 Å². The van der Waals surface area contributed by atoms with E-state index in [0.29, 0.717) is 17.6 Å². The topological polar surface area (TPSA) is 20.3 Å². The van der Waals surface area contributed by atoms with E-state index in [0.717, 1.165) is 12.1 Å². The van der Waals surface area contributed by atoms with Gasteiger partial charge in [0, 0.05) is 16.6 Å². The Bertz CT molecular complexity index is 427. The molecular weight excluding hydrogens is 258 g/mol. The van der Waals surface area contributed by atoms with Crippen molar-refractivity contribution < 1.29 is 4.79 Å². The molecule has 0 radical (unpaired) electrons. The second kappa shape index (κ2) is 7.06. The third-order valence-electron chi connectivity index (χ3n) is 3.99. The van der Waals surface area contributed by atoms with Crippen molar-refractivity contribution in [3.63, 3.8) is 0 Å². The first-order valence-corrected chi connectivity index (χ1v) is 7.61. The molecule has 0 N–H and O–H groups in total. The lowest BCUT2D eigenvalue weighted by Crippen LogP contribution is -2.40. The maximum atomic E-state index is 12.3. The quantitative estimate of drug-likeness (QED) is 0.754. The van der Waals surface area contributed by atoms with Crippen LogP contribution in [0.25, 0.3) is 0 Å². The fourth-order valence-corrected chi connectivity index (χ4v) is 3.07. The molecule has 0 spiro atoms. The number of rotatable bonds is 5. The lowest BCUT2D eigenvalue weighted by molar-refractivity contribution is 0.0868. The standard InChI is InChI=1S/C16H22ClNO/c1-2-18(15-9-4-3-5-10-15)12-16(19)13-7-6-8-14(17)11-13/h6-8,11,15H,2-5,9-10,12H2,1H3. The van der Waals surface area contributed by atoms with E-state index in [-0.39, 0.29) is 5.78 Å². The molecule has 19 heavy (non-hydrogen) atoms. The van der Waals surface area contributed by atoms with Crippen LogP contribution in [0.15, 0.2) is 24.3 Å². The first-order chi connectivity index (χ1) is 9.20. The normalized spacial score (nSPS) is 16.8. The monoisotopic (exact) mass is 279 g/mol. The molecule has 0 bridgehead atoms. The molecule has 1 aromatic rings. The largest absolute Gasteiger partial charge is 0.293 e. The molecule has 104 valence electrons. The Balaban J connectivity index is 1.99. The third-order valence-corrected chi connectivity index (χ3v) is 4.23. The van der Waals surface area contributed by atoms with Gasteiger partial charge >= 0.3 is 0 Å². The second-order valence-electron chi connectivity index (χ2n) is 5.29. The van der Waals surface area contributed by atoms with Crippen LogP contribution in [0.2, 0.25) is 5.02 Å². The molecule has 0 amide bonds. The first-order valence-electron chi connectivity index (χ1n) is 7.23. The van der Waals surface area contributed by atoms with E-state index in [1.165, 1.54) is 32.1 Å². The predicted molar refractivity (Wildman–Crippen MR) is 79.9 cm³/mol. The van der Waals surface area contributed by atoms with E-state index in [2.05, 4.69) is 11.8 Å². The Labute approximate surface area is 120 Å². The Kier molecular flexibility index (Phi) is 5.41. The van der Waals surface area contributed by atoms with Crippen LogP contribution in [0.3, 0.4) is 0 Å². The summed E-state index contributed by atoms with van der Waals surface area (Å²) in [6, 6.07) is 7.84. The van der Waals surface area contributed by atoms with Crippen LogP contribution in [0.4, 0.5) is 0 Å². The van der Waals surface area contributed by atoms with Crippen molar-refractivity contribution in [3.05, 3.63) is 34.9 Å². The summed E-state index contributed by atoms with van der Waals surface area (Å²) < 4.78 is 0. The van der Waals surface area contributed by atoms with Gasteiger partial charge in [-0.3, -0.25) is 9.69 Å². The summed E-state index contributed by atoms with van der Waals surface area (Å²) in [5.41, 5.74) is 0.724. The molecule has 1 fully saturated rings. The van der Waals surface area contributed by atoms with Gasteiger partial charge in [0.05, 0.1) is 6.54 Å². The molecule has 0 heterocycles. The van der Waals surface area contributed by atoms with Gasteiger partial charge in [0.15, 0.2) is 5.78 Å². The molecule has 1 aliphatic rings. The van der Waals surface area contributed by atoms with Gasteiger partial charge in [-0.15, -0.1) is 0 Å². The van der Waals surface area contributed by atoms with Gasteiger partial charge in [0.25, 0.3) is 0 Å². The van der Waals surface area contributed by atoms with E-state index in [1.54, 1.807) is 12.1 Å². The van der Waals surface area contributed by atoms with Crippen molar-refractivity contribution in [3.8, 4) is 0 Å². The Hall–Kier alpha value is -0.860. The molecular formula is C16H22ClNO. The summed E-state index contributed by atoms with van der Waals surface area (Å²) in [6.45, 7) is 3.60. The van der Waals surface area contributed by atoms with Gasteiger partial charge in [0.2, 0.25) is 0 Å². The van der Waals surface area contributed by atoms with Gasteiger partial charge in [-0.05, 0) is 31.5 Å². The molecule has 3 heteroatoms. The van der Waals surface area contributed by atoms with E-state index in [9.17, 15) is 4.79 Å². The average Bonchev–Trinajstić information content (AvgIpc) is 2.45. The number of nitrogens with zero attached hydrogens (tertiary/aromatic N) is 1. The van der Waals surface area contributed by atoms with E-state index < -0.39 is 0 Å². The minimum absolute atomic E-state index is 0.176. The van der Waals surface area contributed by atoms with Crippen molar-refractivity contribution >= 4 is 17.4 Å². The first kappa shape index (κ1) is 14.5. The molecule has 0 unspecified atom stereocenters. The highest BCUT2D eigenvalue weighted by Gasteiger charge is 2.22. The van der Waals surface area contributed by atoms with Crippen LogP contribution in [0, 0.1) is 0 Å². The van der Waals surface area contributed by atoms with Crippen molar-refractivity contribution in [1.82, 2.24) is 4.90 Å². The highest BCUT2D eigenvalue weighted by molar-refractivity contribution is 6.31. The second-order valence-corrected chi connectivity index (χ2v) is 5.72. The summed E-state index contributed by atoms with van der Waals surface area (Å²) in [7, 11) is 0. The van der Waals surface area contributed by atoms with Gasteiger partial charge in [-0.1, -0.05) is 49.9 Å². The van der Waals surface area contributed by atoms with Crippen LogP contribution in [0.5, 0.6) is 0 Å². The molecule has 2 nitrogen and oxygen atoms in total. The smallest absolute Gasteiger partial charge is 0.176 e. The molecule has 0 aromatic heterocycles. The molecule has 1 aromatic carbocycles. The summed E-state index contributed by atoms with van der Waals surface area (Å²) in [5, 5.41) is 0.631. The summed E-state index contributed by atoms with van der Waals surface area (Å²) in [6.07, 6.45) is 6.41. The van der Waals surface area contributed by atoms with E-state index in [4.69, 9.17) is 11.6 Å². The minimum atomic E-state index is 0.176. The molecule has 1 saturated carbocycles. The van der Waals surface area contributed by atoms with Gasteiger partial charge in [0.1, 0.15) is 0 Å². The zero-order chi connectivity index (χ0) is 13.7. The Morgan fingerprint density at radius 3 is 2.68 bits per heavy atom. The minimum Gasteiger partial charge on any atom is -0.293 e. The number of benzene rings is 1. The summed E-state index contributed by atoms with van der Waals surface area (Å²) in [4.78, 5) is 14.6. The molecule has 1 aliphatic carbocycles. The predicted octanol–water partition coefficient (Wildman–Crippen LogP) is 4.18. The zero-order valence-corrected chi connectivity index (χ0v) is 12.3. The van der Waals surface area contributed by atoms with Crippen LogP contribution in [-0.2, 0) is 0 Å². The van der Waals surface area contributed by atoms with Gasteiger partial charge in [-0.2, -0.15) is 0 Å². The van der Waals surface area contributed by atoms with Crippen LogP contribution >= 0.6 is 11.6 Å². The Morgan fingerprint density at radius 1 is 1.32 bits per heavy atom. The average molecular weight is 280 g/mol. The zero-order valence-electron chi connectivity index (χ0n) is 11.6. The SMILES string of the molecule is CCN(CC(=O)c1cccc(Cl)c1)C1CCCCC1. The van der Waals surface area contributed by atoms with E-state index in [1.807, 2.05) is 12.1 Å². The maximum absolute atomic E-state index is 12.3. The van der Waals surface area contributed by atoms with Crippen LogP contribution in [0.1, 0.15) is 49.4 Å². The highest BCUT2D eigenvalue weighted by Crippen LogP contribution is 2.23. The number of likely N-dealkylation sites (N-methyl/N-ethyl adjacent to an activating group) is 1. The van der Waals surface area contributed by atoms with Crippen LogP contribution < -0.4 is 0 Å². The number of halogens is 1. The fraction of sp³-hybridized carbons (Fsp3) is 0.562. The summed E-state index contributed by atoms with van der Waals surface area (Å²) >= 11 is 5.94. The molecule has 2 rings (SSSR count). The lowest BCUT2D eigenvalue weighted by Gasteiger charge is -2.33. The van der Waals surface area contributed by atoms with Gasteiger partial charge in [-0.25, -0.2) is 0 Å². The number of carbonyl (C=O) groups is 1. The van der Waals surface area contributed by atoms with Crippen LogP contribution in [-0.4, -0.2) is 29.8 Å². The Morgan fingerprint density at radius 2 is 2.05 bits per heavy atom. The van der Waals surface area contributed by atoms with Crippen molar-refractivity contribution in [2.45, 2.75) is 45.1 Å². The molecule has 0 atom stereocenters. The van der Waals surface area contributed by atoms with E-state index >= 15 is 0 Å². The number of hydrogen-bond donors (Lipinski definition) is 0.